The van der Waals surface area contributed by atoms with Gasteiger partial charge in [0.15, 0.2) is 0 Å². The van der Waals surface area contributed by atoms with Gasteiger partial charge in [0, 0.05) is 11.1 Å². The number of hydrogen-bond acceptors (Lipinski definition) is 3. The van der Waals surface area contributed by atoms with Crippen molar-refractivity contribution in [3.05, 3.63) is 53.7 Å². The van der Waals surface area contributed by atoms with Crippen LogP contribution in [0.25, 0.3) is 0 Å². The molecule has 0 radical (unpaired) electrons. The lowest BCUT2D eigenvalue weighted by molar-refractivity contribution is -0.123. The van der Waals surface area contributed by atoms with E-state index in [1.54, 1.807) is 0 Å². The van der Waals surface area contributed by atoms with Gasteiger partial charge in [-0.2, -0.15) is 0 Å². The normalized spacial score (nSPS) is 12.5. The van der Waals surface area contributed by atoms with Gasteiger partial charge in [-0.3, -0.25) is 4.79 Å². The van der Waals surface area contributed by atoms with Crippen LogP contribution in [0, 0.1) is 11.3 Å². The zero-order valence-corrected chi connectivity index (χ0v) is 17.2. The van der Waals surface area contributed by atoms with Gasteiger partial charge in [-0.05, 0) is 55.0 Å². The summed E-state index contributed by atoms with van der Waals surface area (Å²) in [6.45, 7) is 10.8. The van der Waals surface area contributed by atoms with Crippen LogP contribution in [0.3, 0.4) is 0 Å². The molecule has 0 fully saturated rings. The summed E-state index contributed by atoms with van der Waals surface area (Å²) in [5.74, 6) is 1.98. The fraction of sp³-hybridized carbons (Fsp3) is 0.478. The number of amides is 1. The molecule has 1 aromatic heterocycles. The standard InChI is InChI=1S/C23H32N2O2/c1-6-14-27-20-12-10-18(11-13-20)15-17(2)16-19-8-7-9-21(24-19)25-22(26)23(3,4)5/h7-13,17H,6,14-16H2,1-5H3,(H,24,25,26). The Morgan fingerprint density at radius 1 is 1.11 bits per heavy atom. The average Bonchev–Trinajstić information content (AvgIpc) is 2.60. The lowest BCUT2D eigenvalue weighted by atomic mass is 9.95. The summed E-state index contributed by atoms with van der Waals surface area (Å²) in [4.78, 5) is 16.7. The Balaban J connectivity index is 1.92. The number of ether oxygens (including phenoxy) is 1. The molecule has 1 heterocycles. The quantitative estimate of drug-likeness (QED) is 0.690. The summed E-state index contributed by atoms with van der Waals surface area (Å²) in [6, 6.07) is 14.2. The molecule has 0 saturated carbocycles. The van der Waals surface area contributed by atoms with Crippen LogP contribution in [-0.4, -0.2) is 17.5 Å². The predicted molar refractivity (Wildman–Crippen MR) is 111 cm³/mol. The molecule has 0 saturated heterocycles. The second-order valence-corrected chi connectivity index (χ2v) is 8.22. The van der Waals surface area contributed by atoms with Crippen molar-refractivity contribution in [2.75, 3.05) is 11.9 Å². The molecule has 2 rings (SSSR count). The number of nitrogens with one attached hydrogen (secondary N) is 1. The molecular weight excluding hydrogens is 336 g/mol. The second-order valence-electron chi connectivity index (χ2n) is 8.22. The summed E-state index contributed by atoms with van der Waals surface area (Å²) in [6.07, 6.45) is 2.86. The SMILES string of the molecule is CCCOc1ccc(CC(C)Cc2cccc(NC(=O)C(C)(C)C)n2)cc1. The number of hydrogen-bond donors (Lipinski definition) is 1. The van der Waals surface area contributed by atoms with Gasteiger partial charge in [0.2, 0.25) is 5.91 Å². The van der Waals surface area contributed by atoms with Crippen LogP contribution >= 0.6 is 0 Å². The van der Waals surface area contributed by atoms with Crippen molar-refractivity contribution in [3.8, 4) is 5.75 Å². The number of aromatic nitrogens is 1. The molecule has 1 N–H and O–H groups in total. The highest BCUT2D eigenvalue weighted by Crippen LogP contribution is 2.19. The van der Waals surface area contributed by atoms with Gasteiger partial charge in [-0.15, -0.1) is 0 Å². The molecular formula is C23H32N2O2. The van der Waals surface area contributed by atoms with E-state index in [2.05, 4.69) is 36.3 Å². The smallest absolute Gasteiger partial charge is 0.230 e. The summed E-state index contributed by atoms with van der Waals surface area (Å²) in [7, 11) is 0. The third-order valence-corrected chi connectivity index (χ3v) is 4.27. The van der Waals surface area contributed by atoms with Crippen molar-refractivity contribution in [3.63, 3.8) is 0 Å². The summed E-state index contributed by atoms with van der Waals surface area (Å²) >= 11 is 0. The second kappa shape index (κ2) is 9.54. The van der Waals surface area contributed by atoms with Crippen LogP contribution in [-0.2, 0) is 17.6 Å². The molecule has 146 valence electrons. The predicted octanol–water partition coefficient (Wildman–Crippen LogP) is 5.28. The van der Waals surface area contributed by atoms with Crippen molar-refractivity contribution >= 4 is 11.7 Å². The van der Waals surface area contributed by atoms with E-state index in [4.69, 9.17) is 4.74 Å². The first-order chi connectivity index (χ1) is 12.8. The van der Waals surface area contributed by atoms with Crippen molar-refractivity contribution in [1.29, 1.82) is 0 Å². The van der Waals surface area contributed by atoms with Crippen molar-refractivity contribution in [2.24, 2.45) is 11.3 Å². The number of rotatable bonds is 8. The van der Waals surface area contributed by atoms with E-state index in [9.17, 15) is 4.79 Å². The Kier molecular flexibility index (Phi) is 7.40. The molecule has 1 amide bonds. The van der Waals surface area contributed by atoms with Gasteiger partial charge in [-0.1, -0.05) is 52.8 Å². The highest BCUT2D eigenvalue weighted by atomic mass is 16.5. The van der Waals surface area contributed by atoms with Crippen LogP contribution in [0.2, 0.25) is 0 Å². The molecule has 27 heavy (non-hydrogen) atoms. The minimum absolute atomic E-state index is 0.0226. The molecule has 0 bridgehead atoms. The van der Waals surface area contributed by atoms with Gasteiger partial charge >= 0.3 is 0 Å². The largest absolute Gasteiger partial charge is 0.494 e. The van der Waals surface area contributed by atoms with E-state index >= 15 is 0 Å². The summed E-state index contributed by atoms with van der Waals surface area (Å²) in [5.41, 5.74) is 1.86. The molecule has 4 nitrogen and oxygen atoms in total. The first-order valence-electron chi connectivity index (χ1n) is 9.77. The highest BCUT2D eigenvalue weighted by molar-refractivity contribution is 5.93. The minimum atomic E-state index is -0.433. The van der Waals surface area contributed by atoms with Crippen LogP contribution in [0.15, 0.2) is 42.5 Å². The number of carbonyl (C=O) groups is 1. The maximum atomic E-state index is 12.1. The number of nitrogens with zero attached hydrogens (tertiary/aromatic N) is 1. The third-order valence-electron chi connectivity index (χ3n) is 4.27. The fourth-order valence-corrected chi connectivity index (χ4v) is 2.74. The number of carbonyl (C=O) groups excluding carboxylic acids is 1. The minimum Gasteiger partial charge on any atom is -0.494 e. The highest BCUT2D eigenvalue weighted by Gasteiger charge is 2.21. The zero-order chi connectivity index (χ0) is 19.9. The Hall–Kier alpha value is -2.36. The van der Waals surface area contributed by atoms with E-state index < -0.39 is 5.41 Å². The Morgan fingerprint density at radius 3 is 2.44 bits per heavy atom. The first kappa shape index (κ1) is 20.9. The van der Waals surface area contributed by atoms with Crippen LogP contribution in [0.4, 0.5) is 5.82 Å². The topological polar surface area (TPSA) is 51.2 Å². The maximum absolute atomic E-state index is 12.1. The van der Waals surface area contributed by atoms with Gasteiger partial charge in [0.1, 0.15) is 11.6 Å². The maximum Gasteiger partial charge on any atom is 0.230 e. The summed E-state index contributed by atoms with van der Waals surface area (Å²) < 4.78 is 5.63. The van der Waals surface area contributed by atoms with E-state index in [1.807, 2.05) is 51.1 Å². The third kappa shape index (κ3) is 7.05. The molecule has 1 atom stereocenters. The number of anilines is 1. The summed E-state index contributed by atoms with van der Waals surface area (Å²) in [5, 5.41) is 2.90. The van der Waals surface area contributed by atoms with Gasteiger partial charge in [0.25, 0.3) is 0 Å². The Labute approximate surface area is 163 Å². The molecule has 0 aliphatic rings. The van der Waals surface area contributed by atoms with Crippen molar-refractivity contribution in [1.82, 2.24) is 4.98 Å². The van der Waals surface area contributed by atoms with Crippen molar-refractivity contribution in [2.45, 2.75) is 53.9 Å². The molecule has 0 spiro atoms. The van der Waals surface area contributed by atoms with Crippen LogP contribution in [0.1, 0.15) is 52.3 Å². The van der Waals surface area contributed by atoms with E-state index in [0.29, 0.717) is 11.7 Å². The molecule has 1 aromatic carbocycles. The van der Waals surface area contributed by atoms with Crippen LogP contribution in [0.5, 0.6) is 5.75 Å². The average molecular weight is 369 g/mol. The lowest BCUT2D eigenvalue weighted by Crippen LogP contribution is -2.28. The Morgan fingerprint density at radius 2 is 1.81 bits per heavy atom. The van der Waals surface area contributed by atoms with E-state index in [0.717, 1.165) is 37.3 Å². The molecule has 1 unspecified atom stereocenters. The number of benzene rings is 1. The molecule has 4 heteroatoms. The van der Waals surface area contributed by atoms with Gasteiger partial charge in [0.05, 0.1) is 6.61 Å². The van der Waals surface area contributed by atoms with Crippen molar-refractivity contribution < 1.29 is 9.53 Å². The molecule has 0 aliphatic carbocycles. The zero-order valence-electron chi connectivity index (χ0n) is 17.2. The molecule has 2 aromatic rings. The fourth-order valence-electron chi connectivity index (χ4n) is 2.74. The van der Waals surface area contributed by atoms with Gasteiger partial charge < -0.3 is 10.1 Å². The van der Waals surface area contributed by atoms with E-state index in [1.165, 1.54) is 5.56 Å². The van der Waals surface area contributed by atoms with Gasteiger partial charge in [-0.25, -0.2) is 4.98 Å². The lowest BCUT2D eigenvalue weighted by Gasteiger charge is -2.18. The molecule has 0 aliphatic heterocycles. The first-order valence-corrected chi connectivity index (χ1v) is 9.77. The Bertz CT molecular complexity index is 733. The number of pyridine rings is 1. The monoisotopic (exact) mass is 368 g/mol. The van der Waals surface area contributed by atoms with Crippen LogP contribution < -0.4 is 10.1 Å². The van der Waals surface area contributed by atoms with E-state index in [-0.39, 0.29) is 5.91 Å².